The van der Waals surface area contributed by atoms with Gasteiger partial charge in [-0.2, -0.15) is 5.26 Å². The molecule has 0 fully saturated rings. The lowest BCUT2D eigenvalue weighted by molar-refractivity contribution is -0.116. The molecule has 0 saturated carbocycles. The molecular formula is C16H14ClN3O3S. The number of nitriles is 1. The van der Waals surface area contributed by atoms with E-state index in [1.54, 1.807) is 24.3 Å². The number of hydrogen-bond donors (Lipinski definition) is 2. The number of amides is 1. The third kappa shape index (κ3) is 5.06. The maximum Gasteiger partial charge on any atom is 0.240 e. The fraction of sp³-hybridized carbons (Fsp3) is 0.125. The van der Waals surface area contributed by atoms with Crippen LogP contribution in [0.2, 0.25) is 5.02 Å². The number of nitrogens with zero attached hydrogens (tertiary/aromatic N) is 1. The van der Waals surface area contributed by atoms with Gasteiger partial charge in [-0.05, 0) is 48.5 Å². The third-order valence-corrected chi connectivity index (χ3v) is 4.79. The highest BCUT2D eigenvalue weighted by Crippen LogP contribution is 2.14. The average molecular weight is 364 g/mol. The van der Waals surface area contributed by atoms with Gasteiger partial charge in [0, 0.05) is 23.7 Å². The minimum Gasteiger partial charge on any atom is -0.326 e. The van der Waals surface area contributed by atoms with E-state index >= 15 is 0 Å². The van der Waals surface area contributed by atoms with Gasteiger partial charge in [0.1, 0.15) is 0 Å². The second-order valence-electron chi connectivity index (χ2n) is 4.84. The second kappa shape index (κ2) is 7.93. The minimum absolute atomic E-state index is 0.0210. The smallest absolute Gasteiger partial charge is 0.240 e. The lowest BCUT2D eigenvalue weighted by Gasteiger charge is -2.08. The summed E-state index contributed by atoms with van der Waals surface area (Å²) >= 11 is 5.72. The molecule has 2 aromatic carbocycles. The van der Waals surface area contributed by atoms with E-state index in [2.05, 4.69) is 10.0 Å². The number of rotatable bonds is 6. The van der Waals surface area contributed by atoms with Gasteiger partial charge in [-0.1, -0.05) is 11.6 Å². The largest absolute Gasteiger partial charge is 0.326 e. The Bertz CT molecular complexity index is 857. The van der Waals surface area contributed by atoms with Gasteiger partial charge in [0.25, 0.3) is 0 Å². The first-order valence-corrected chi connectivity index (χ1v) is 8.82. The van der Waals surface area contributed by atoms with Crippen molar-refractivity contribution in [2.45, 2.75) is 11.3 Å². The van der Waals surface area contributed by atoms with Crippen molar-refractivity contribution in [3.63, 3.8) is 0 Å². The molecule has 8 heteroatoms. The average Bonchev–Trinajstić information content (AvgIpc) is 2.56. The lowest BCUT2D eigenvalue weighted by atomic mass is 10.2. The molecule has 2 aromatic rings. The molecule has 124 valence electrons. The number of carbonyl (C=O) groups is 1. The Morgan fingerprint density at radius 1 is 1.08 bits per heavy atom. The van der Waals surface area contributed by atoms with Gasteiger partial charge < -0.3 is 5.32 Å². The fourth-order valence-corrected chi connectivity index (χ4v) is 3.01. The Balaban J connectivity index is 1.85. The number of benzene rings is 2. The van der Waals surface area contributed by atoms with E-state index < -0.39 is 10.0 Å². The van der Waals surface area contributed by atoms with Crippen molar-refractivity contribution < 1.29 is 13.2 Å². The normalized spacial score (nSPS) is 10.8. The summed E-state index contributed by atoms with van der Waals surface area (Å²) in [6.45, 7) is -0.0347. The molecule has 0 aliphatic rings. The first-order valence-electron chi connectivity index (χ1n) is 6.96. The van der Waals surface area contributed by atoms with Crippen molar-refractivity contribution in [3.8, 4) is 6.07 Å². The maximum absolute atomic E-state index is 12.0. The molecular weight excluding hydrogens is 350 g/mol. The van der Waals surface area contributed by atoms with Gasteiger partial charge in [-0.3, -0.25) is 4.79 Å². The lowest BCUT2D eigenvalue weighted by Crippen LogP contribution is -2.27. The van der Waals surface area contributed by atoms with Crippen molar-refractivity contribution in [1.29, 1.82) is 5.26 Å². The van der Waals surface area contributed by atoms with E-state index in [4.69, 9.17) is 16.9 Å². The summed E-state index contributed by atoms with van der Waals surface area (Å²) < 4.78 is 26.4. The zero-order valence-corrected chi connectivity index (χ0v) is 14.1. The van der Waals surface area contributed by atoms with Crippen LogP contribution < -0.4 is 10.0 Å². The summed E-state index contributed by atoms with van der Waals surface area (Å²) in [6, 6.07) is 14.1. The number of sulfonamides is 1. The van der Waals surface area contributed by atoms with Gasteiger partial charge in [0.2, 0.25) is 15.9 Å². The Morgan fingerprint density at radius 2 is 1.71 bits per heavy atom. The van der Waals surface area contributed by atoms with Crippen LogP contribution in [0.4, 0.5) is 5.69 Å². The van der Waals surface area contributed by atoms with Crippen molar-refractivity contribution in [2.24, 2.45) is 0 Å². The summed E-state index contributed by atoms with van der Waals surface area (Å²) in [5, 5.41) is 11.8. The first kappa shape index (κ1) is 17.9. The van der Waals surface area contributed by atoms with Gasteiger partial charge in [-0.15, -0.1) is 0 Å². The molecule has 2 N–H and O–H groups in total. The van der Waals surface area contributed by atoms with Gasteiger partial charge in [-0.25, -0.2) is 13.1 Å². The Morgan fingerprint density at radius 3 is 2.29 bits per heavy atom. The van der Waals surface area contributed by atoms with E-state index in [1.807, 2.05) is 6.07 Å². The SMILES string of the molecule is N#Cc1ccc(NC(=O)CCNS(=O)(=O)c2ccc(Cl)cc2)cc1. The summed E-state index contributed by atoms with van der Waals surface area (Å²) in [5.74, 6) is -0.335. The predicted molar refractivity (Wildman–Crippen MR) is 91.0 cm³/mol. The van der Waals surface area contributed by atoms with Crippen molar-refractivity contribution in [3.05, 3.63) is 59.1 Å². The van der Waals surface area contributed by atoms with Crippen LogP contribution in [0, 0.1) is 11.3 Å². The molecule has 0 spiro atoms. The van der Waals surface area contributed by atoms with Gasteiger partial charge >= 0.3 is 0 Å². The van der Waals surface area contributed by atoms with E-state index in [0.717, 1.165) is 0 Å². The van der Waals surface area contributed by atoms with Gasteiger partial charge in [0.15, 0.2) is 0 Å². The zero-order valence-electron chi connectivity index (χ0n) is 12.5. The van der Waals surface area contributed by atoms with Gasteiger partial charge in [0.05, 0.1) is 16.5 Å². The van der Waals surface area contributed by atoms with Crippen LogP contribution in [0.1, 0.15) is 12.0 Å². The Labute approximate surface area is 145 Å². The predicted octanol–water partition coefficient (Wildman–Crippen LogP) is 2.52. The van der Waals surface area contributed by atoms with Crippen LogP contribution >= 0.6 is 11.6 Å². The monoisotopic (exact) mass is 363 g/mol. The topological polar surface area (TPSA) is 99.1 Å². The standard InChI is InChI=1S/C16H14ClN3O3S/c17-13-3-7-15(8-4-13)24(22,23)19-10-9-16(21)20-14-5-1-12(11-18)2-6-14/h1-8,19H,9-10H2,(H,20,21). The van der Waals surface area contributed by atoms with Crippen LogP contribution in [0.15, 0.2) is 53.4 Å². The fourth-order valence-electron chi connectivity index (χ4n) is 1.85. The van der Waals surface area contributed by atoms with Crippen molar-refractivity contribution in [2.75, 3.05) is 11.9 Å². The summed E-state index contributed by atoms with van der Waals surface area (Å²) in [4.78, 5) is 11.9. The molecule has 6 nitrogen and oxygen atoms in total. The number of hydrogen-bond acceptors (Lipinski definition) is 4. The third-order valence-electron chi connectivity index (χ3n) is 3.07. The quantitative estimate of drug-likeness (QED) is 0.823. The molecule has 0 aromatic heterocycles. The molecule has 0 bridgehead atoms. The summed E-state index contributed by atoms with van der Waals surface area (Å²) in [5.41, 5.74) is 1.03. The number of halogens is 1. The molecule has 0 aliphatic heterocycles. The molecule has 0 heterocycles. The minimum atomic E-state index is -3.68. The molecule has 1 amide bonds. The molecule has 0 atom stereocenters. The number of anilines is 1. The molecule has 0 radical (unpaired) electrons. The zero-order chi connectivity index (χ0) is 17.6. The molecule has 24 heavy (non-hydrogen) atoms. The van der Waals surface area contributed by atoms with Crippen molar-refractivity contribution >= 4 is 33.2 Å². The highest BCUT2D eigenvalue weighted by atomic mass is 35.5. The van der Waals surface area contributed by atoms with Crippen LogP contribution in [0.3, 0.4) is 0 Å². The Kier molecular flexibility index (Phi) is 5.93. The van der Waals surface area contributed by atoms with Crippen molar-refractivity contribution in [1.82, 2.24) is 4.72 Å². The second-order valence-corrected chi connectivity index (χ2v) is 7.04. The molecule has 0 aliphatic carbocycles. The number of nitrogens with one attached hydrogen (secondary N) is 2. The first-order chi connectivity index (χ1) is 11.4. The highest BCUT2D eigenvalue weighted by molar-refractivity contribution is 7.89. The highest BCUT2D eigenvalue weighted by Gasteiger charge is 2.14. The van der Waals surface area contributed by atoms with E-state index in [0.29, 0.717) is 16.3 Å². The van der Waals surface area contributed by atoms with E-state index in [-0.39, 0.29) is 23.8 Å². The summed E-state index contributed by atoms with van der Waals surface area (Å²) in [6.07, 6.45) is -0.0210. The van der Waals surface area contributed by atoms with E-state index in [9.17, 15) is 13.2 Å². The van der Waals surface area contributed by atoms with Crippen LogP contribution in [-0.2, 0) is 14.8 Å². The molecule has 0 unspecified atom stereocenters. The number of carbonyl (C=O) groups excluding carboxylic acids is 1. The summed E-state index contributed by atoms with van der Waals surface area (Å²) in [7, 11) is -3.68. The van der Waals surface area contributed by atoms with Crippen LogP contribution in [-0.4, -0.2) is 20.9 Å². The van der Waals surface area contributed by atoms with E-state index in [1.165, 1.54) is 24.3 Å². The molecule has 0 saturated heterocycles. The maximum atomic E-state index is 12.0. The Hall–Kier alpha value is -2.40. The van der Waals surface area contributed by atoms with Crippen LogP contribution in [0.25, 0.3) is 0 Å². The van der Waals surface area contributed by atoms with Crippen LogP contribution in [0.5, 0.6) is 0 Å². The molecule has 2 rings (SSSR count).